The molecule has 3 heteroatoms. The van der Waals surface area contributed by atoms with Crippen LogP contribution in [0.3, 0.4) is 0 Å². The van der Waals surface area contributed by atoms with Crippen molar-refractivity contribution in [3.05, 3.63) is 29.3 Å². The van der Waals surface area contributed by atoms with E-state index in [1.807, 2.05) is 0 Å². The number of aliphatic hydroxyl groups is 1. The number of para-hydroxylation sites is 1. The average Bonchev–Trinajstić information content (AvgIpc) is 2.40. The second-order valence-corrected chi connectivity index (χ2v) is 5.14. The van der Waals surface area contributed by atoms with E-state index in [9.17, 15) is 5.11 Å². The molecule has 100 valence electrons. The van der Waals surface area contributed by atoms with Gasteiger partial charge in [0.15, 0.2) is 0 Å². The Morgan fingerprint density at radius 1 is 1.39 bits per heavy atom. The van der Waals surface area contributed by atoms with Crippen molar-refractivity contribution in [3.8, 4) is 0 Å². The van der Waals surface area contributed by atoms with Gasteiger partial charge in [0.05, 0.1) is 0 Å². The van der Waals surface area contributed by atoms with Crippen LogP contribution in [-0.2, 0) is 6.54 Å². The van der Waals surface area contributed by atoms with E-state index in [-0.39, 0.29) is 6.61 Å². The van der Waals surface area contributed by atoms with Crippen molar-refractivity contribution in [1.29, 1.82) is 0 Å². The van der Waals surface area contributed by atoms with Crippen LogP contribution in [0.4, 0.5) is 5.69 Å². The monoisotopic (exact) mass is 248 g/mol. The second-order valence-electron chi connectivity index (χ2n) is 5.14. The molecule has 1 aromatic rings. The Balaban J connectivity index is 2.32. The Bertz CT molecular complexity index is 390. The van der Waals surface area contributed by atoms with Gasteiger partial charge < -0.3 is 15.7 Å². The van der Waals surface area contributed by atoms with E-state index in [2.05, 4.69) is 30.0 Å². The predicted octanol–water partition coefficient (Wildman–Crippen LogP) is 2.20. The third-order valence-corrected chi connectivity index (χ3v) is 3.92. The van der Waals surface area contributed by atoms with Crippen LogP contribution < -0.4 is 10.6 Å². The molecular weight excluding hydrogens is 224 g/mol. The van der Waals surface area contributed by atoms with Gasteiger partial charge in [0.1, 0.15) is 0 Å². The maximum atomic E-state index is 9.23. The van der Waals surface area contributed by atoms with Crippen LogP contribution in [-0.4, -0.2) is 24.3 Å². The summed E-state index contributed by atoms with van der Waals surface area (Å²) in [5.41, 5.74) is 9.69. The Hall–Kier alpha value is -1.06. The van der Waals surface area contributed by atoms with Gasteiger partial charge in [-0.1, -0.05) is 18.2 Å². The third kappa shape index (κ3) is 2.68. The Labute approximate surface area is 110 Å². The molecule has 1 fully saturated rings. The van der Waals surface area contributed by atoms with Crippen LogP contribution in [0.2, 0.25) is 0 Å². The quantitative estimate of drug-likeness (QED) is 0.859. The fraction of sp³-hybridized carbons (Fsp3) is 0.600. The van der Waals surface area contributed by atoms with Crippen molar-refractivity contribution < 1.29 is 5.11 Å². The maximum Gasteiger partial charge on any atom is 0.0450 e. The summed E-state index contributed by atoms with van der Waals surface area (Å²) in [4.78, 5) is 2.47. The maximum absolute atomic E-state index is 9.23. The number of nitrogens with two attached hydrogens (primary N) is 1. The normalized spacial score (nSPS) is 20.2. The number of aryl methyl sites for hydroxylation is 1. The first kappa shape index (κ1) is 13.4. The summed E-state index contributed by atoms with van der Waals surface area (Å²) >= 11 is 0. The highest BCUT2D eigenvalue weighted by Gasteiger charge is 2.24. The van der Waals surface area contributed by atoms with Gasteiger partial charge in [-0.2, -0.15) is 0 Å². The van der Waals surface area contributed by atoms with Gasteiger partial charge in [0, 0.05) is 31.4 Å². The topological polar surface area (TPSA) is 49.5 Å². The SMILES string of the molecule is Cc1cccc(CN)c1N1CCCCC1CCO. The van der Waals surface area contributed by atoms with Gasteiger partial charge in [-0.15, -0.1) is 0 Å². The lowest BCUT2D eigenvalue weighted by Crippen LogP contribution is -2.41. The first-order valence-electron chi connectivity index (χ1n) is 6.94. The molecule has 0 aromatic heterocycles. The molecule has 0 bridgehead atoms. The minimum atomic E-state index is 0.269. The first-order valence-corrected chi connectivity index (χ1v) is 6.94. The largest absolute Gasteiger partial charge is 0.396 e. The molecule has 1 atom stereocenters. The lowest BCUT2D eigenvalue weighted by atomic mass is 9.96. The number of nitrogens with zero attached hydrogens (tertiary/aromatic N) is 1. The first-order chi connectivity index (χ1) is 8.77. The van der Waals surface area contributed by atoms with Crippen LogP contribution in [0.5, 0.6) is 0 Å². The van der Waals surface area contributed by atoms with Crippen molar-refractivity contribution in [1.82, 2.24) is 0 Å². The minimum Gasteiger partial charge on any atom is -0.396 e. The minimum absolute atomic E-state index is 0.269. The fourth-order valence-electron chi connectivity index (χ4n) is 3.04. The van der Waals surface area contributed by atoms with E-state index in [4.69, 9.17) is 5.73 Å². The van der Waals surface area contributed by atoms with Gasteiger partial charge >= 0.3 is 0 Å². The number of benzene rings is 1. The van der Waals surface area contributed by atoms with Crippen LogP contribution in [0.1, 0.15) is 36.8 Å². The standard InChI is InChI=1S/C15H24N2O/c1-12-5-4-6-13(11-16)15(12)17-9-3-2-7-14(17)8-10-18/h4-6,14,18H,2-3,7-11,16H2,1H3. The fourth-order valence-corrected chi connectivity index (χ4v) is 3.04. The molecule has 1 aliphatic rings. The molecule has 1 unspecified atom stereocenters. The second kappa shape index (κ2) is 6.21. The lowest BCUT2D eigenvalue weighted by molar-refractivity contribution is 0.262. The summed E-state index contributed by atoms with van der Waals surface area (Å²) in [6, 6.07) is 6.81. The lowest BCUT2D eigenvalue weighted by Gasteiger charge is -2.39. The highest BCUT2D eigenvalue weighted by Crippen LogP contribution is 2.32. The van der Waals surface area contributed by atoms with Crippen molar-refractivity contribution in [2.24, 2.45) is 5.73 Å². The van der Waals surface area contributed by atoms with Crippen LogP contribution in [0, 0.1) is 6.92 Å². The molecule has 1 heterocycles. The molecule has 3 nitrogen and oxygen atoms in total. The number of piperidine rings is 1. The molecule has 1 saturated heterocycles. The molecule has 0 amide bonds. The highest BCUT2D eigenvalue weighted by molar-refractivity contribution is 5.60. The summed E-state index contributed by atoms with van der Waals surface area (Å²) in [7, 11) is 0. The summed E-state index contributed by atoms with van der Waals surface area (Å²) in [5, 5.41) is 9.23. The number of anilines is 1. The smallest absolute Gasteiger partial charge is 0.0450 e. The molecular formula is C15H24N2O. The molecule has 0 radical (unpaired) electrons. The average molecular weight is 248 g/mol. The zero-order valence-electron chi connectivity index (χ0n) is 11.2. The molecule has 2 rings (SSSR count). The van der Waals surface area contributed by atoms with Crippen LogP contribution in [0.15, 0.2) is 18.2 Å². The number of hydrogen-bond acceptors (Lipinski definition) is 3. The van der Waals surface area contributed by atoms with Gasteiger partial charge in [-0.3, -0.25) is 0 Å². The zero-order chi connectivity index (χ0) is 13.0. The van der Waals surface area contributed by atoms with Crippen molar-refractivity contribution in [2.75, 3.05) is 18.1 Å². The van der Waals surface area contributed by atoms with Gasteiger partial charge in [-0.25, -0.2) is 0 Å². The zero-order valence-corrected chi connectivity index (χ0v) is 11.2. The summed E-state index contributed by atoms with van der Waals surface area (Å²) < 4.78 is 0. The number of rotatable bonds is 4. The Kier molecular flexibility index (Phi) is 4.61. The van der Waals surface area contributed by atoms with Crippen molar-refractivity contribution >= 4 is 5.69 Å². The van der Waals surface area contributed by atoms with Gasteiger partial charge in [0.25, 0.3) is 0 Å². The van der Waals surface area contributed by atoms with Crippen LogP contribution in [0.25, 0.3) is 0 Å². The summed E-state index contributed by atoms with van der Waals surface area (Å²) in [6.45, 7) is 4.09. The molecule has 1 aromatic carbocycles. The van der Waals surface area contributed by atoms with E-state index in [0.717, 1.165) is 13.0 Å². The molecule has 18 heavy (non-hydrogen) atoms. The van der Waals surface area contributed by atoms with E-state index in [0.29, 0.717) is 12.6 Å². The van der Waals surface area contributed by atoms with E-state index >= 15 is 0 Å². The van der Waals surface area contributed by atoms with Gasteiger partial charge in [0.2, 0.25) is 0 Å². The summed E-state index contributed by atoms with van der Waals surface area (Å²) in [5.74, 6) is 0. The number of hydrogen-bond donors (Lipinski definition) is 2. The molecule has 1 aliphatic heterocycles. The Morgan fingerprint density at radius 2 is 2.22 bits per heavy atom. The van der Waals surface area contributed by atoms with Gasteiger partial charge in [-0.05, 0) is 43.7 Å². The van der Waals surface area contributed by atoms with Crippen molar-refractivity contribution in [2.45, 2.75) is 45.2 Å². The molecule has 0 saturated carbocycles. The third-order valence-electron chi connectivity index (χ3n) is 3.92. The van der Waals surface area contributed by atoms with Crippen molar-refractivity contribution in [3.63, 3.8) is 0 Å². The van der Waals surface area contributed by atoms with Crippen LogP contribution >= 0.6 is 0 Å². The molecule has 3 N–H and O–H groups in total. The summed E-state index contributed by atoms with van der Waals surface area (Å²) in [6.07, 6.45) is 4.54. The highest BCUT2D eigenvalue weighted by atomic mass is 16.3. The van der Waals surface area contributed by atoms with E-state index in [1.54, 1.807) is 0 Å². The predicted molar refractivity (Wildman–Crippen MR) is 75.8 cm³/mol. The van der Waals surface area contributed by atoms with E-state index < -0.39 is 0 Å². The molecule has 0 spiro atoms. The Morgan fingerprint density at radius 3 is 2.94 bits per heavy atom. The van der Waals surface area contributed by atoms with E-state index in [1.165, 1.54) is 36.1 Å². The molecule has 0 aliphatic carbocycles. The number of aliphatic hydroxyl groups excluding tert-OH is 1.